The maximum atomic E-state index is 12.8. The van der Waals surface area contributed by atoms with Crippen LogP contribution in [0.1, 0.15) is 11.1 Å². The molecule has 3 nitrogen and oxygen atoms in total. The summed E-state index contributed by atoms with van der Waals surface area (Å²) in [6.45, 7) is 2.51. The van der Waals surface area contributed by atoms with Crippen LogP contribution in [0.4, 0.5) is 0 Å². The minimum atomic E-state index is -0.0799. The molecule has 0 aliphatic heterocycles. The van der Waals surface area contributed by atoms with Crippen LogP contribution in [0.15, 0.2) is 82.2 Å². The van der Waals surface area contributed by atoms with Gasteiger partial charge in [0, 0.05) is 11.1 Å². The van der Waals surface area contributed by atoms with Gasteiger partial charge >= 0.3 is 0 Å². The van der Waals surface area contributed by atoms with Crippen LogP contribution < -0.4 is 10.2 Å². The molecule has 3 aromatic carbocycles. The van der Waals surface area contributed by atoms with E-state index in [0.717, 1.165) is 11.1 Å². The van der Waals surface area contributed by atoms with Crippen molar-refractivity contribution in [3.05, 3.63) is 99.4 Å². The third-order valence-electron chi connectivity index (χ3n) is 4.43. The zero-order valence-corrected chi connectivity index (χ0v) is 15.5. The lowest BCUT2D eigenvalue weighted by Gasteiger charge is -2.08. The van der Waals surface area contributed by atoms with Gasteiger partial charge in [-0.3, -0.25) is 4.79 Å². The second-order valence-electron chi connectivity index (χ2n) is 6.42. The molecular weight excluding hydrogens is 360 g/mol. The summed E-state index contributed by atoms with van der Waals surface area (Å²) in [5, 5.41) is 1.14. The van der Waals surface area contributed by atoms with Gasteiger partial charge < -0.3 is 9.15 Å². The van der Waals surface area contributed by atoms with E-state index < -0.39 is 0 Å². The predicted octanol–water partition coefficient (Wildman–Crippen LogP) is 6.00. The largest absolute Gasteiger partial charge is 0.489 e. The van der Waals surface area contributed by atoms with E-state index in [0.29, 0.717) is 33.9 Å². The Bertz CT molecular complexity index is 1140. The quantitative estimate of drug-likeness (QED) is 0.438. The average molecular weight is 377 g/mol. The van der Waals surface area contributed by atoms with E-state index in [2.05, 4.69) is 12.1 Å². The maximum Gasteiger partial charge on any atom is 0.200 e. The number of ether oxygens (including phenoxy) is 1. The van der Waals surface area contributed by atoms with Crippen molar-refractivity contribution in [1.29, 1.82) is 0 Å². The molecule has 0 unspecified atom stereocenters. The van der Waals surface area contributed by atoms with E-state index in [-0.39, 0.29) is 5.43 Å². The van der Waals surface area contributed by atoms with Gasteiger partial charge in [-0.2, -0.15) is 0 Å². The van der Waals surface area contributed by atoms with E-state index in [1.165, 1.54) is 11.8 Å². The van der Waals surface area contributed by atoms with Crippen LogP contribution in [-0.4, -0.2) is 0 Å². The second kappa shape index (κ2) is 7.29. The summed E-state index contributed by atoms with van der Waals surface area (Å²) in [7, 11) is 0. The van der Waals surface area contributed by atoms with Crippen molar-refractivity contribution < 1.29 is 9.15 Å². The minimum Gasteiger partial charge on any atom is -0.489 e. The van der Waals surface area contributed by atoms with E-state index in [1.54, 1.807) is 42.5 Å². The summed E-state index contributed by atoms with van der Waals surface area (Å²) in [5.74, 6) is 0.658. The number of fused-ring (bicyclic) bond motifs is 1. The summed E-state index contributed by atoms with van der Waals surface area (Å²) in [6.07, 6.45) is 1.48. The number of rotatable bonds is 4. The number of halogens is 1. The van der Waals surface area contributed by atoms with Crippen LogP contribution in [0.2, 0.25) is 5.02 Å². The molecule has 0 aliphatic rings. The fourth-order valence-corrected chi connectivity index (χ4v) is 3.00. The Balaban J connectivity index is 1.61. The summed E-state index contributed by atoms with van der Waals surface area (Å²) < 4.78 is 11.5. The highest BCUT2D eigenvalue weighted by atomic mass is 35.5. The molecule has 4 aromatic rings. The van der Waals surface area contributed by atoms with Crippen molar-refractivity contribution in [2.45, 2.75) is 13.5 Å². The molecule has 0 amide bonds. The third-order valence-corrected chi connectivity index (χ3v) is 4.68. The molecule has 0 bridgehead atoms. The second-order valence-corrected chi connectivity index (χ2v) is 6.85. The Morgan fingerprint density at radius 3 is 2.44 bits per heavy atom. The van der Waals surface area contributed by atoms with Gasteiger partial charge in [0.2, 0.25) is 0 Å². The molecule has 0 N–H and O–H groups in total. The Hall–Kier alpha value is -3.04. The van der Waals surface area contributed by atoms with Crippen LogP contribution in [-0.2, 0) is 6.61 Å². The number of hydrogen-bond donors (Lipinski definition) is 0. The molecule has 0 saturated heterocycles. The monoisotopic (exact) mass is 376 g/mol. The van der Waals surface area contributed by atoms with E-state index >= 15 is 0 Å². The Morgan fingerprint density at radius 2 is 1.70 bits per heavy atom. The summed E-state index contributed by atoms with van der Waals surface area (Å²) in [5.41, 5.74) is 3.99. The average Bonchev–Trinajstić information content (AvgIpc) is 2.69. The summed E-state index contributed by atoms with van der Waals surface area (Å²) >= 11 is 5.92. The molecule has 0 radical (unpaired) electrons. The SMILES string of the molecule is Cc1ccc(COc2ccc3c(=O)c(-c4ccc(Cl)cc4)coc3c2)cc1. The highest BCUT2D eigenvalue weighted by Gasteiger charge is 2.10. The van der Waals surface area contributed by atoms with Crippen LogP contribution >= 0.6 is 11.6 Å². The van der Waals surface area contributed by atoms with Gasteiger partial charge in [0.05, 0.1) is 10.9 Å². The fourth-order valence-electron chi connectivity index (χ4n) is 2.88. The molecule has 134 valence electrons. The molecule has 0 atom stereocenters. The van der Waals surface area contributed by atoms with Crippen molar-refractivity contribution in [3.63, 3.8) is 0 Å². The van der Waals surface area contributed by atoms with Crippen molar-refractivity contribution in [2.75, 3.05) is 0 Å². The molecule has 0 saturated carbocycles. The molecule has 4 heteroatoms. The first-order valence-electron chi connectivity index (χ1n) is 8.60. The van der Waals surface area contributed by atoms with Gasteiger partial charge in [0.1, 0.15) is 24.2 Å². The zero-order valence-electron chi connectivity index (χ0n) is 14.7. The van der Waals surface area contributed by atoms with Gasteiger partial charge in [0.15, 0.2) is 5.43 Å². The summed E-state index contributed by atoms with van der Waals surface area (Å²) in [4.78, 5) is 12.8. The van der Waals surface area contributed by atoms with E-state index in [9.17, 15) is 4.79 Å². The van der Waals surface area contributed by atoms with Gasteiger partial charge in [-0.15, -0.1) is 0 Å². The summed E-state index contributed by atoms with van der Waals surface area (Å²) in [6, 6.07) is 20.6. The third kappa shape index (κ3) is 3.74. The molecule has 27 heavy (non-hydrogen) atoms. The van der Waals surface area contributed by atoms with Crippen molar-refractivity contribution in [1.82, 2.24) is 0 Å². The molecule has 1 aromatic heterocycles. The van der Waals surface area contributed by atoms with Gasteiger partial charge in [-0.05, 0) is 42.3 Å². The van der Waals surface area contributed by atoms with Crippen LogP contribution in [0.25, 0.3) is 22.1 Å². The van der Waals surface area contributed by atoms with Crippen LogP contribution in [0.5, 0.6) is 5.75 Å². The maximum absolute atomic E-state index is 12.8. The molecule has 4 rings (SSSR count). The molecular formula is C23H17ClO3. The van der Waals surface area contributed by atoms with Gasteiger partial charge in [-0.1, -0.05) is 53.6 Å². The fraction of sp³-hybridized carbons (Fsp3) is 0.0870. The lowest BCUT2D eigenvalue weighted by molar-refractivity contribution is 0.306. The smallest absolute Gasteiger partial charge is 0.200 e. The highest BCUT2D eigenvalue weighted by Crippen LogP contribution is 2.24. The Kier molecular flexibility index (Phi) is 4.69. The van der Waals surface area contributed by atoms with E-state index in [4.69, 9.17) is 20.8 Å². The highest BCUT2D eigenvalue weighted by molar-refractivity contribution is 6.30. The number of benzene rings is 3. The topological polar surface area (TPSA) is 39.4 Å². The molecule has 0 fully saturated rings. The van der Waals surface area contributed by atoms with Crippen molar-refractivity contribution in [2.24, 2.45) is 0 Å². The first-order chi connectivity index (χ1) is 13.1. The molecule has 0 spiro atoms. The normalized spacial score (nSPS) is 10.9. The number of hydrogen-bond acceptors (Lipinski definition) is 3. The Morgan fingerprint density at radius 1 is 0.963 bits per heavy atom. The standard InChI is InChI=1S/C23H17ClO3/c1-15-2-4-16(5-3-15)13-26-19-10-11-20-22(12-19)27-14-21(23(20)25)17-6-8-18(24)9-7-17/h2-12,14H,13H2,1H3. The zero-order chi connectivity index (χ0) is 18.8. The lowest BCUT2D eigenvalue weighted by Crippen LogP contribution is -2.05. The van der Waals surface area contributed by atoms with Crippen molar-refractivity contribution >= 4 is 22.6 Å². The minimum absolute atomic E-state index is 0.0799. The van der Waals surface area contributed by atoms with Gasteiger partial charge in [-0.25, -0.2) is 0 Å². The van der Waals surface area contributed by atoms with Gasteiger partial charge in [0.25, 0.3) is 0 Å². The number of aryl methyl sites for hydroxylation is 1. The first-order valence-corrected chi connectivity index (χ1v) is 8.98. The van der Waals surface area contributed by atoms with Crippen LogP contribution in [0, 0.1) is 6.92 Å². The molecule has 1 heterocycles. The predicted molar refractivity (Wildman–Crippen MR) is 108 cm³/mol. The Labute approximate surface area is 161 Å². The molecule has 0 aliphatic carbocycles. The first kappa shape index (κ1) is 17.4. The van der Waals surface area contributed by atoms with Crippen LogP contribution in [0.3, 0.4) is 0 Å². The van der Waals surface area contributed by atoms with E-state index in [1.807, 2.05) is 19.1 Å². The lowest BCUT2D eigenvalue weighted by atomic mass is 10.1. The van der Waals surface area contributed by atoms with Crippen molar-refractivity contribution in [3.8, 4) is 16.9 Å².